The molecule has 0 radical (unpaired) electrons. The fourth-order valence-electron chi connectivity index (χ4n) is 1.96. The molecule has 1 aromatic rings. The zero-order valence-corrected chi connectivity index (χ0v) is 12.8. The number of nitrogens with two attached hydrogens (primary N) is 2. The van der Waals surface area contributed by atoms with Crippen LogP contribution in [-0.2, 0) is 14.6 Å². The van der Waals surface area contributed by atoms with Gasteiger partial charge in [0.05, 0.1) is 10.6 Å². The van der Waals surface area contributed by atoms with Crippen LogP contribution >= 0.6 is 11.3 Å². The highest BCUT2D eigenvalue weighted by molar-refractivity contribution is 7.94. The van der Waals surface area contributed by atoms with E-state index >= 15 is 0 Å². The van der Waals surface area contributed by atoms with Gasteiger partial charge in [-0.3, -0.25) is 9.59 Å². The SMILES string of the molecule is CCCN1C(=O)CS(=O)(=O)c2sc(C(=O)N=C(N)N)cc21. The maximum atomic E-state index is 12.1. The summed E-state index contributed by atoms with van der Waals surface area (Å²) in [5.74, 6) is -2.22. The van der Waals surface area contributed by atoms with Gasteiger partial charge in [-0.2, -0.15) is 4.99 Å². The molecule has 0 bridgehead atoms. The summed E-state index contributed by atoms with van der Waals surface area (Å²) in [7, 11) is -3.72. The summed E-state index contributed by atoms with van der Waals surface area (Å²) in [6.45, 7) is 2.25. The van der Waals surface area contributed by atoms with Gasteiger partial charge in [0, 0.05) is 6.54 Å². The number of guanidine groups is 1. The molecule has 2 rings (SSSR count). The smallest absolute Gasteiger partial charge is 0.290 e. The van der Waals surface area contributed by atoms with E-state index in [0.29, 0.717) is 13.0 Å². The van der Waals surface area contributed by atoms with Gasteiger partial charge >= 0.3 is 0 Å². The number of carbonyl (C=O) groups excluding carboxylic acids is 2. The standard InChI is InChI=1S/C11H14N4O4S2/c1-2-3-15-6-4-7(9(17)14-11(12)13)20-10(6)21(18,19)5-8(15)16/h4H,2-3,5H2,1H3,(H4,12,13,14,17). The summed E-state index contributed by atoms with van der Waals surface area (Å²) in [6, 6.07) is 1.35. The van der Waals surface area contributed by atoms with Crippen LogP contribution in [-0.4, -0.2) is 38.5 Å². The van der Waals surface area contributed by atoms with Crippen LogP contribution in [0.3, 0.4) is 0 Å². The van der Waals surface area contributed by atoms with Crippen molar-refractivity contribution in [3.63, 3.8) is 0 Å². The van der Waals surface area contributed by atoms with E-state index in [-0.39, 0.29) is 14.8 Å². The molecule has 0 saturated carbocycles. The fraction of sp³-hybridized carbons (Fsp3) is 0.364. The number of anilines is 1. The number of thiophene rings is 1. The van der Waals surface area contributed by atoms with Gasteiger partial charge in [-0.25, -0.2) is 8.42 Å². The van der Waals surface area contributed by atoms with Crippen LogP contribution in [0.4, 0.5) is 5.69 Å². The number of nitrogens with zero attached hydrogens (tertiary/aromatic N) is 2. The Bertz CT molecular complexity index is 731. The first-order chi connectivity index (χ1) is 9.76. The first kappa shape index (κ1) is 15.4. The Balaban J connectivity index is 2.55. The van der Waals surface area contributed by atoms with Crippen molar-refractivity contribution in [2.24, 2.45) is 16.5 Å². The van der Waals surface area contributed by atoms with E-state index in [1.807, 2.05) is 6.92 Å². The molecule has 21 heavy (non-hydrogen) atoms. The van der Waals surface area contributed by atoms with Crippen LogP contribution in [0, 0.1) is 0 Å². The molecule has 0 unspecified atom stereocenters. The largest absolute Gasteiger partial charge is 0.370 e. The van der Waals surface area contributed by atoms with Crippen molar-refractivity contribution in [2.75, 3.05) is 17.2 Å². The van der Waals surface area contributed by atoms with E-state index in [1.165, 1.54) is 11.0 Å². The Morgan fingerprint density at radius 3 is 2.71 bits per heavy atom. The van der Waals surface area contributed by atoms with Gasteiger partial charge in [0.2, 0.25) is 5.91 Å². The topological polar surface area (TPSA) is 136 Å². The van der Waals surface area contributed by atoms with Crippen molar-refractivity contribution in [2.45, 2.75) is 17.6 Å². The van der Waals surface area contributed by atoms with Crippen LogP contribution < -0.4 is 16.4 Å². The number of amides is 2. The third-order valence-electron chi connectivity index (χ3n) is 2.76. The lowest BCUT2D eigenvalue weighted by Gasteiger charge is -2.26. The number of aliphatic imine (C=N–C) groups is 1. The quantitative estimate of drug-likeness (QED) is 0.576. The second-order valence-corrected chi connectivity index (χ2v) is 7.67. The molecule has 8 nitrogen and oxygen atoms in total. The number of sulfone groups is 1. The maximum Gasteiger partial charge on any atom is 0.290 e. The molecule has 0 aliphatic carbocycles. The summed E-state index contributed by atoms with van der Waals surface area (Å²) >= 11 is 0.774. The molecule has 0 atom stereocenters. The minimum atomic E-state index is -3.72. The van der Waals surface area contributed by atoms with E-state index in [2.05, 4.69) is 4.99 Å². The molecule has 0 saturated heterocycles. The average molecular weight is 330 g/mol. The summed E-state index contributed by atoms with van der Waals surface area (Å²) in [6.07, 6.45) is 0.665. The van der Waals surface area contributed by atoms with E-state index in [1.54, 1.807) is 0 Å². The van der Waals surface area contributed by atoms with Gasteiger partial charge < -0.3 is 16.4 Å². The van der Waals surface area contributed by atoms with E-state index in [0.717, 1.165) is 11.3 Å². The molecule has 0 spiro atoms. The number of fused-ring (bicyclic) bond motifs is 1. The molecule has 1 aliphatic rings. The van der Waals surface area contributed by atoms with Crippen LogP contribution in [0.1, 0.15) is 23.0 Å². The minimum absolute atomic E-state index is 0.00435. The number of hydrogen-bond acceptors (Lipinski definition) is 5. The van der Waals surface area contributed by atoms with Crippen molar-refractivity contribution in [3.8, 4) is 0 Å². The molecule has 0 fully saturated rings. The Morgan fingerprint density at radius 2 is 2.14 bits per heavy atom. The second kappa shape index (κ2) is 5.45. The number of rotatable bonds is 3. The zero-order valence-electron chi connectivity index (χ0n) is 11.2. The third kappa shape index (κ3) is 2.90. The van der Waals surface area contributed by atoms with E-state index in [9.17, 15) is 18.0 Å². The van der Waals surface area contributed by atoms with Crippen LogP contribution in [0.25, 0.3) is 0 Å². The molecule has 2 amide bonds. The summed E-state index contributed by atoms with van der Waals surface area (Å²) < 4.78 is 24.1. The van der Waals surface area contributed by atoms with Crippen LogP contribution in [0.15, 0.2) is 15.3 Å². The monoisotopic (exact) mass is 330 g/mol. The maximum absolute atomic E-state index is 12.1. The van der Waals surface area contributed by atoms with E-state index in [4.69, 9.17) is 11.5 Å². The molecule has 1 aliphatic heterocycles. The minimum Gasteiger partial charge on any atom is -0.370 e. The van der Waals surface area contributed by atoms with Crippen LogP contribution in [0.5, 0.6) is 0 Å². The Morgan fingerprint density at radius 1 is 1.48 bits per heavy atom. The van der Waals surface area contributed by atoms with Crippen molar-refractivity contribution in [3.05, 3.63) is 10.9 Å². The lowest BCUT2D eigenvalue weighted by atomic mass is 10.3. The van der Waals surface area contributed by atoms with Crippen molar-refractivity contribution >= 4 is 44.6 Å². The molecule has 10 heteroatoms. The fourth-order valence-corrected chi connectivity index (χ4v) is 4.79. The van der Waals surface area contributed by atoms with Gasteiger partial charge in [0.1, 0.15) is 9.96 Å². The van der Waals surface area contributed by atoms with Gasteiger partial charge in [-0.15, -0.1) is 11.3 Å². The second-order valence-electron chi connectivity index (χ2n) is 4.43. The molecule has 2 heterocycles. The highest BCUT2D eigenvalue weighted by atomic mass is 32.2. The predicted octanol–water partition coefficient (Wildman–Crippen LogP) is -0.308. The van der Waals surface area contributed by atoms with E-state index < -0.39 is 33.4 Å². The average Bonchev–Trinajstić information content (AvgIpc) is 2.79. The third-order valence-corrected chi connectivity index (χ3v) is 6.08. The van der Waals surface area contributed by atoms with Crippen molar-refractivity contribution in [1.29, 1.82) is 0 Å². The Kier molecular flexibility index (Phi) is 4.01. The van der Waals surface area contributed by atoms with Crippen molar-refractivity contribution in [1.82, 2.24) is 0 Å². The first-order valence-corrected chi connectivity index (χ1v) is 8.54. The normalized spacial score (nSPS) is 16.4. The van der Waals surface area contributed by atoms with Gasteiger partial charge in [-0.05, 0) is 12.5 Å². The molecule has 114 valence electrons. The zero-order chi connectivity index (χ0) is 15.8. The molecule has 4 N–H and O–H groups in total. The Labute approximate surface area is 125 Å². The number of carbonyl (C=O) groups is 2. The number of hydrogen-bond donors (Lipinski definition) is 2. The predicted molar refractivity (Wildman–Crippen MR) is 79.2 cm³/mol. The summed E-state index contributed by atoms with van der Waals surface area (Å²) in [4.78, 5) is 28.5. The molecule has 1 aromatic heterocycles. The highest BCUT2D eigenvalue weighted by Crippen LogP contribution is 2.38. The molecule has 0 aromatic carbocycles. The Hall–Kier alpha value is -1.94. The lowest BCUT2D eigenvalue weighted by molar-refractivity contribution is -0.116. The van der Waals surface area contributed by atoms with Gasteiger partial charge in [0.25, 0.3) is 5.91 Å². The first-order valence-electron chi connectivity index (χ1n) is 6.07. The van der Waals surface area contributed by atoms with Gasteiger partial charge in [0.15, 0.2) is 15.8 Å². The lowest BCUT2D eigenvalue weighted by Crippen LogP contribution is -2.40. The molecular formula is C11H14N4O4S2. The molecular weight excluding hydrogens is 316 g/mol. The highest BCUT2D eigenvalue weighted by Gasteiger charge is 2.37. The van der Waals surface area contributed by atoms with Gasteiger partial charge in [-0.1, -0.05) is 6.92 Å². The summed E-state index contributed by atoms with van der Waals surface area (Å²) in [5, 5.41) is 0. The summed E-state index contributed by atoms with van der Waals surface area (Å²) in [5.41, 5.74) is 10.5. The van der Waals surface area contributed by atoms with Crippen molar-refractivity contribution < 1.29 is 18.0 Å². The van der Waals surface area contributed by atoms with Crippen LogP contribution in [0.2, 0.25) is 0 Å².